The van der Waals surface area contributed by atoms with Crippen molar-refractivity contribution < 1.29 is 28.9 Å². The minimum absolute atomic E-state index is 0.0973. The Morgan fingerprint density at radius 3 is 2.47 bits per heavy atom. The number of fused-ring (bicyclic) bond motifs is 1. The first-order valence-corrected chi connectivity index (χ1v) is 12.5. The summed E-state index contributed by atoms with van der Waals surface area (Å²) in [4.78, 5) is 23.1. The Morgan fingerprint density at radius 2 is 1.71 bits per heavy atom. The van der Waals surface area contributed by atoms with Crippen molar-refractivity contribution in [1.29, 1.82) is 0 Å². The van der Waals surface area contributed by atoms with Gasteiger partial charge in [-0.3, -0.25) is 9.59 Å². The summed E-state index contributed by atoms with van der Waals surface area (Å²) in [6.45, 7) is 3.80. The number of unbranched alkanes of at least 4 members (excludes halogenated alkanes) is 4. The number of para-hydroxylation sites is 1. The molecule has 0 aliphatic carbocycles. The van der Waals surface area contributed by atoms with Gasteiger partial charge in [0.2, 0.25) is 0 Å². The molecule has 0 unspecified atom stereocenters. The third kappa shape index (κ3) is 7.51. The molecule has 1 aliphatic rings. The Balaban J connectivity index is 1.45. The van der Waals surface area contributed by atoms with E-state index in [4.69, 9.17) is 19.3 Å². The lowest BCUT2D eigenvalue weighted by Crippen LogP contribution is -2.17. The second kappa shape index (κ2) is 13.6. The lowest BCUT2D eigenvalue weighted by atomic mass is 9.97. The number of aliphatic carboxylic acids is 1. The number of benzene rings is 2. The van der Waals surface area contributed by atoms with E-state index < -0.39 is 5.97 Å². The van der Waals surface area contributed by atoms with Gasteiger partial charge in [-0.2, -0.15) is 0 Å². The number of aryl methyl sites for hydroxylation is 1. The van der Waals surface area contributed by atoms with Gasteiger partial charge in [-0.15, -0.1) is 0 Å². The van der Waals surface area contributed by atoms with Crippen LogP contribution in [0.25, 0.3) is 0 Å². The summed E-state index contributed by atoms with van der Waals surface area (Å²) < 4.78 is 17.9. The van der Waals surface area contributed by atoms with Gasteiger partial charge in [-0.25, -0.2) is 0 Å². The fourth-order valence-electron chi connectivity index (χ4n) is 4.14. The topological polar surface area (TPSA) is 82.1 Å². The Labute approximate surface area is 202 Å². The predicted octanol–water partition coefficient (Wildman–Crippen LogP) is 6.03. The van der Waals surface area contributed by atoms with Crippen LogP contribution in [0.4, 0.5) is 0 Å². The van der Waals surface area contributed by atoms with Crippen molar-refractivity contribution in [3.63, 3.8) is 0 Å². The van der Waals surface area contributed by atoms with Crippen LogP contribution >= 0.6 is 0 Å². The lowest BCUT2D eigenvalue weighted by Gasteiger charge is -2.22. The standard InChI is InChI=1S/C28H36O6/c1-2-3-5-11-23-26(15-14-22-24(29)17-20-34-28(22)23)33-19-9-4-8-18-32-25-12-7-6-10-21(25)13-16-27(30)31/h6-7,10,12,14-15H,2-5,8-9,11,13,16-20H2,1H3,(H,30,31). The molecular weight excluding hydrogens is 432 g/mol. The van der Waals surface area contributed by atoms with E-state index in [9.17, 15) is 9.59 Å². The number of carbonyl (C=O) groups is 2. The number of hydrogen-bond acceptors (Lipinski definition) is 5. The van der Waals surface area contributed by atoms with Gasteiger partial charge in [0.05, 0.1) is 25.4 Å². The van der Waals surface area contributed by atoms with Gasteiger partial charge >= 0.3 is 5.97 Å². The van der Waals surface area contributed by atoms with Crippen molar-refractivity contribution in [3.8, 4) is 17.2 Å². The van der Waals surface area contributed by atoms with Crippen LogP contribution in [0.15, 0.2) is 36.4 Å². The zero-order valence-electron chi connectivity index (χ0n) is 20.1. The molecule has 0 spiro atoms. The number of ether oxygens (including phenoxy) is 3. The molecule has 3 rings (SSSR count). The fraction of sp³-hybridized carbons (Fsp3) is 0.500. The highest BCUT2D eigenvalue weighted by molar-refractivity contribution is 6.00. The number of carboxylic acids is 1. The van der Waals surface area contributed by atoms with E-state index in [1.807, 2.05) is 36.4 Å². The fourth-order valence-corrected chi connectivity index (χ4v) is 4.14. The average Bonchev–Trinajstić information content (AvgIpc) is 2.83. The van der Waals surface area contributed by atoms with Crippen LogP contribution in [0.3, 0.4) is 0 Å². The molecule has 6 heteroatoms. The van der Waals surface area contributed by atoms with E-state index in [1.165, 1.54) is 0 Å². The van der Waals surface area contributed by atoms with Crippen LogP contribution in [0.5, 0.6) is 17.2 Å². The third-order valence-corrected chi connectivity index (χ3v) is 6.01. The van der Waals surface area contributed by atoms with E-state index in [0.29, 0.717) is 38.2 Å². The number of ketones is 1. The first kappa shape index (κ1) is 25.6. The highest BCUT2D eigenvalue weighted by Gasteiger charge is 2.24. The van der Waals surface area contributed by atoms with Gasteiger partial charge in [-0.1, -0.05) is 38.0 Å². The Hall–Kier alpha value is -3.02. The normalized spacial score (nSPS) is 12.7. The number of Topliss-reactive ketones (excluding diaryl/α,β-unsaturated/α-hetero) is 1. The maximum absolute atomic E-state index is 12.3. The summed E-state index contributed by atoms with van der Waals surface area (Å²) in [6, 6.07) is 11.4. The molecule has 2 aromatic rings. The van der Waals surface area contributed by atoms with Crippen molar-refractivity contribution in [1.82, 2.24) is 0 Å². The van der Waals surface area contributed by atoms with E-state index in [2.05, 4.69) is 6.92 Å². The van der Waals surface area contributed by atoms with E-state index >= 15 is 0 Å². The first-order chi connectivity index (χ1) is 16.6. The van der Waals surface area contributed by atoms with Crippen LogP contribution in [0, 0.1) is 0 Å². The van der Waals surface area contributed by atoms with Crippen LogP contribution in [-0.4, -0.2) is 36.7 Å². The van der Waals surface area contributed by atoms with E-state index in [0.717, 1.165) is 73.3 Å². The van der Waals surface area contributed by atoms with Gasteiger partial charge in [0.15, 0.2) is 5.78 Å². The lowest BCUT2D eigenvalue weighted by molar-refractivity contribution is -0.136. The van der Waals surface area contributed by atoms with E-state index in [-0.39, 0.29) is 12.2 Å². The zero-order chi connectivity index (χ0) is 24.2. The van der Waals surface area contributed by atoms with Crippen LogP contribution < -0.4 is 14.2 Å². The summed E-state index contributed by atoms with van der Waals surface area (Å²) >= 11 is 0. The molecule has 0 fully saturated rings. The molecule has 0 atom stereocenters. The minimum Gasteiger partial charge on any atom is -0.493 e. The maximum atomic E-state index is 12.3. The summed E-state index contributed by atoms with van der Waals surface area (Å²) in [5.74, 6) is 1.66. The van der Waals surface area contributed by atoms with Gasteiger partial charge in [0.1, 0.15) is 17.2 Å². The Kier molecular flexibility index (Phi) is 10.3. The molecule has 0 saturated heterocycles. The van der Waals surface area contributed by atoms with Crippen molar-refractivity contribution in [2.45, 2.75) is 71.1 Å². The molecule has 34 heavy (non-hydrogen) atoms. The molecule has 1 aliphatic heterocycles. The van der Waals surface area contributed by atoms with Gasteiger partial charge < -0.3 is 19.3 Å². The summed E-state index contributed by atoms with van der Waals surface area (Å²) in [6.07, 6.45) is 7.93. The summed E-state index contributed by atoms with van der Waals surface area (Å²) in [5.41, 5.74) is 2.64. The molecule has 6 nitrogen and oxygen atoms in total. The smallest absolute Gasteiger partial charge is 0.303 e. The number of hydrogen-bond donors (Lipinski definition) is 1. The SMILES string of the molecule is CCCCCc1c(OCCCCCOc2ccccc2CCC(=O)O)ccc2c1OCCC2=O. The molecule has 0 saturated carbocycles. The summed E-state index contributed by atoms with van der Waals surface area (Å²) in [5, 5.41) is 8.91. The first-order valence-electron chi connectivity index (χ1n) is 12.5. The highest BCUT2D eigenvalue weighted by Crippen LogP contribution is 2.37. The van der Waals surface area contributed by atoms with Crippen molar-refractivity contribution in [3.05, 3.63) is 53.1 Å². The Morgan fingerprint density at radius 1 is 0.941 bits per heavy atom. The molecule has 184 valence electrons. The molecule has 1 N–H and O–H groups in total. The van der Waals surface area contributed by atoms with Crippen LogP contribution in [-0.2, 0) is 17.6 Å². The highest BCUT2D eigenvalue weighted by atomic mass is 16.5. The molecule has 0 bridgehead atoms. The van der Waals surface area contributed by atoms with Crippen LogP contribution in [0.2, 0.25) is 0 Å². The maximum Gasteiger partial charge on any atom is 0.303 e. The van der Waals surface area contributed by atoms with E-state index in [1.54, 1.807) is 0 Å². The molecule has 0 amide bonds. The third-order valence-electron chi connectivity index (χ3n) is 6.01. The number of rotatable bonds is 15. The van der Waals surface area contributed by atoms with Gasteiger partial charge in [-0.05, 0) is 62.3 Å². The second-order valence-corrected chi connectivity index (χ2v) is 8.66. The summed E-state index contributed by atoms with van der Waals surface area (Å²) in [7, 11) is 0. The Bertz CT molecular complexity index is 952. The van der Waals surface area contributed by atoms with Crippen LogP contribution in [0.1, 0.15) is 79.8 Å². The van der Waals surface area contributed by atoms with Crippen molar-refractivity contribution in [2.75, 3.05) is 19.8 Å². The molecule has 2 aromatic carbocycles. The molecule has 0 aromatic heterocycles. The van der Waals surface area contributed by atoms with Gasteiger partial charge in [0.25, 0.3) is 0 Å². The minimum atomic E-state index is -0.805. The van der Waals surface area contributed by atoms with Gasteiger partial charge in [0, 0.05) is 18.4 Å². The molecular formula is C28H36O6. The average molecular weight is 469 g/mol. The number of carbonyl (C=O) groups excluding carboxylic acids is 1. The molecule has 0 radical (unpaired) electrons. The quantitative estimate of drug-likeness (QED) is 0.321. The largest absolute Gasteiger partial charge is 0.493 e. The monoisotopic (exact) mass is 468 g/mol. The second-order valence-electron chi connectivity index (χ2n) is 8.66. The zero-order valence-corrected chi connectivity index (χ0v) is 20.1. The van der Waals surface area contributed by atoms with Crippen molar-refractivity contribution >= 4 is 11.8 Å². The number of carboxylic acid groups (broad SMARTS) is 1. The predicted molar refractivity (Wildman–Crippen MR) is 131 cm³/mol. The molecule has 1 heterocycles. The van der Waals surface area contributed by atoms with Crippen molar-refractivity contribution in [2.24, 2.45) is 0 Å².